The number of aliphatic hydroxyl groups excluding tert-OH is 1. The van der Waals surface area contributed by atoms with Crippen LogP contribution in [0.2, 0.25) is 0 Å². The van der Waals surface area contributed by atoms with Gasteiger partial charge < -0.3 is 19.5 Å². The van der Waals surface area contributed by atoms with Crippen LogP contribution in [0.5, 0.6) is 5.75 Å². The van der Waals surface area contributed by atoms with Gasteiger partial charge in [-0.3, -0.25) is 9.59 Å². The molecule has 6 nitrogen and oxygen atoms in total. The number of methoxy groups -OCH3 is 2. The summed E-state index contributed by atoms with van der Waals surface area (Å²) < 4.78 is 9.76. The lowest BCUT2D eigenvalue weighted by molar-refractivity contribution is -0.140. The van der Waals surface area contributed by atoms with Crippen molar-refractivity contribution in [2.75, 3.05) is 33.9 Å². The van der Waals surface area contributed by atoms with Crippen LogP contribution in [0, 0.1) is 0 Å². The van der Waals surface area contributed by atoms with E-state index in [9.17, 15) is 9.59 Å². The molecule has 6 heteroatoms. The Balaban J connectivity index is 2.85. The van der Waals surface area contributed by atoms with Crippen LogP contribution < -0.4 is 4.74 Å². The van der Waals surface area contributed by atoms with Gasteiger partial charge in [-0.2, -0.15) is 0 Å². The number of amides is 1. The van der Waals surface area contributed by atoms with Crippen LogP contribution >= 0.6 is 0 Å². The summed E-state index contributed by atoms with van der Waals surface area (Å²) in [6.45, 7) is 0.585. The number of nitrogens with zero attached hydrogens (tertiary/aromatic N) is 1. The molecule has 0 saturated heterocycles. The Bertz CT molecular complexity index is 475. The van der Waals surface area contributed by atoms with Gasteiger partial charge in [0.25, 0.3) is 5.91 Å². The first-order valence-electron chi connectivity index (χ1n) is 6.74. The summed E-state index contributed by atoms with van der Waals surface area (Å²) in [5, 5.41) is 8.94. The van der Waals surface area contributed by atoms with Gasteiger partial charge in [-0.1, -0.05) is 12.1 Å². The van der Waals surface area contributed by atoms with Gasteiger partial charge >= 0.3 is 5.97 Å². The second-order valence-electron chi connectivity index (χ2n) is 4.40. The molecule has 0 spiro atoms. The molecule has 0 aliphatic rings. The molecule has 0 aromatic heterocycles. The molecule has 0 aliphatic carbocycles. The van der Waals surface area contributed by atoms with E-state index in [1.165, 1.54) is 19.1 Å². The second kappa shape index (κ2) is 8.97. The van der Waals surface area contributed by atoms with E-state index in [-0.39, 0.29) is 31.4 Å². The standard InChI is InChI=1S/C15H21NO5/c1-20-13-7-4-3-6-12(13)15(19)16(9-5-11-17)10-8-14(18)21-2/h3-4,6-7,17H,5,8-11H2,1-2H3. The van der Waals surface area contributed by atoms with E-state index in [1.807, 2.05) is 0 Å². The highest BCUT2D eigenvalue weighted by molar-refractivity contribution is 5.97. The molecule has 21 heavy (non-hydrogen) atoms. The molecule has 0 heterocycles. The van der Waals surface area contributed by atoms with E-state index in [2.05, 4.69) is 4.74 Å². The molecule has 1 rings (SSSR count). The lowest BCUT2D eigenvalue weighted by atomic mass is 10.1. The molecule has 0 radical (unpaired) electrons. The Morgan fingerprint density at radius 2 is 1.90 bits per heavy atom. The first-order chi connectivity index (χ1) is 10.1. The number of aliphatic hydroxyl groups is 1. The highest BCUT2D eigenvalue weighted by Gasteiger charge is 2.19. The van der Waals surface area contributed by atoms with Crippen LogP contribution in [-0.2, 0) is 9.53 Å². The predicted molar refractivity (Wildman–Crippen MR) is 77.2 cm³/mol. The summed E-state index contributed by atoms with van der Waals surface area (Å²) in [4.78, 5) is 25.3. The Morgan fingerprint density at radius 1 is 1.19 bits per heavy atom. The maximum Gasteiger partial charge on any atom is 0.307 e. The van der Waals surface area contributed by atoms with Crippen molar-refractivity contribution < 1.29 is 24.2 Å². The number of ether oxygens (including phenoxy) is 2. The molecule has 116 valence electrons. The van der Waals surface area contributed by atoms with E-state index in [0.29, 0.717) is 24.3 Å². The van der Waals surface area contributed by atoms with E-state index in [0.717, 1.165) is 0 Å². The minimum atomic E-state index is -0.378. The van der Waals surface area contributed by atoms with Crippen LogP contribution in [0.3, 0.4) is 0 Å². The monoisotopic (exact) mass is 295 g/mol. The van der Waals surface area contributed by atoms with Gasteiger partial charge in [-0.25, -0.2) is 0 Å². The average Bonchev–Trinajstić information content (AvgIpc) is 2.53. The van der Waals surface area contributed by atoms with Gasteiger partial charge in [0.2, 0.25) is 0 Å². The summed E-state index contributed by atoms with van der Waals surface area (Å²) in [5.74, 6) is -0.129. The second-order valence-corrected chi connectivity index (χ2v) is 4.40. The van der Waals surface area contributed by atoms with Gasteiger partial charge in [-0.05, 0) is 18.6 Å². The predicted octanol–water partition coefficient (Wildman–Crippen LogP) is 1.08. The number of hydrogen-bond donors (Lipinski definition) is 1. The van der Waals surface area contributed by atoms with Crippen LogP contribution in [0.4, 0.5) is 0 Å². The van der Waals surface area contributed by atoms with E-state index in [4.69, 9.17) is 9.84 Å². The lowest BCUT2D eigenvalue weighted by Crippen LogP contribution is -2.34. The van der Waals surface area contributed by atoms with Crippen molar-refractivity contribution in [2.45, 2.75) is 12.8 Å². The minimum Gasteiger partial charge on any atom is -0.496 e. The fourth-order valence-electron chi connectivity index (χ4n) is 1.90. The summed E-state index contributed by atoms with van der Waals surface area (Å²) >= 11 is 0. The number of carbonyl (C=O) groups excluding carboxylic acids is 2. The normalized spacial score (nSPS) is 10.0. The third kappa shape index (κ3) is 5.07. The van der Waals surface area contributed by atoms with Crippen molar-refractivity contribution in [3.8, 4) is 5.75 Å². The maximum atomic E-state index is 12.5. The van der Waals surface area contributed by atoms with Crippen LogP contribution in [0.15, 0.2) is 24.3 Å². The number of carbonyl (C=O) groups is 2. The summed E-state index contributed by atoms with van der Waals surface area (Å²) in [6, 6.07) is 6.91. The third-order valence-corrected chi connectivity index (χ3v) is 3.02. The highest BCUT2D eigenvalue weighted by Crippen LogP contribution is 2.19. The molecule has 0 bridgehead atoms. The Morgan fingerprint density at radius 3 is 2.52 bits per heavy atom. The third-order valence-electron chi connectivity index (χ3n) is 3.02. The molecule has 0 atom stereocenters. The van der Waals surface area contributed by atoms with Crippen LogP contribution in [-0.4, -0.2) is 55.8 Å². The fourth-order valence-corrected chi connectivity index (χ4v) is 1.90. The van der Waals surface area contributed by atoms with E-state index in [1.54, 1.807) is 24.3 Å². The van der Waals surface area contributed by atoms with Gasteiger partial charge in [0.1, 0.15) is 5.75 Å². The van der Waals surface area contributed by atoms with Crippen molar-refractivity contribution in [3.05, 3.63) is 29.8 Å². The highest BCUT2D eigenvalue weighted by atomic mass is 16.5. The van der Waals surface area contributed by atoms with Crippen molar-refractivity contribution in [1.82, 2.24) is 4.90 Å². The maximum absolute atomic E-state index is 12.5. The molecule has 1 aromatic rings. The topological polar surface area (TPSA) is 76.1 Å². The average molecular weight is 295 g/mol. The molecular weight excluding hydrogens is 274 g/mol. The van der Waals surface area contributed by atoms with Crippen molar-refractivity contribution >= 4 is 11.9 Å². The number of benzene rings is 1. The fraction of sp³-hybridized carbons (Fsp3) is 0.467. The molecule has 0 saturated carbocycles. The molecule has 1 aromatic carbocycles. The molecule has 1 amide bonds. The number of hydrogen-bond acceptors (Lipinski definition) is 5. The lowest BCUT2D eigenvalue weighted by Gasteiger charge is -2.23. The first kappa shape index (κ1) is 17.0. The van der Waals surface area contributed by atoms with Crippen molar-refractivity contribution in [3.63, 3.8) is 0 Å². The smallest absolute Gasteiger partial charge is 0.307 e. The van der Waals surface area contributed by atoms with E-state index >= 15 is 0 Å². The Kier molecular flexibility index (Phi) is 7.25. The quantitative estimate of drug-likeness (QED) is 0.726. The molecule has 0 fully saturated rings. The van der Waals surface area contributed by atoms with Crippen LogP contribution in [0.25, 0.3) is 0 Å². The summed E-state index contributed by atoms with van der Waals surface area (Å²) in [6.07, 6.45) is 0.560. The number of rotatable bonds is 8. The first-order valence-corrected chi connectivity index (χ1v) is 6.74. The van der Waals surface area contributed by atoms with Gasteiger partial charge in [0, 0.05) is 19.7 Å². The number of esters is 1. The summed E-state index contributed by atoms with van der Waals surface area (Å²) in [5.41, 5.74) is 0.433. The van der Waals surface area contributed by atoms with E-state index < -0.39 is 0 Å². The zero-order valence-electron chi connectivity index (χ0n) is 12.4. The number of para-hydroxylation sites is 1. The SMILES string of the molecule is COC(=O)CCN(CCCO)C(=O)c1ccccc1OC. The zero-order chi connectivity index (χ0) is 15.7. The van der Waals surface area contributed by atoms with Crippen LogP contribution in [0.1, 0.15) is 23.2 Å². The van der Waals surface area contributed by atoms with Gasteiger partial charge in [0.15, 0.2) is 0 Å². The summed E-state index contributed by atoms with van der Waals surface area (Å²) in [7, 11) is 2.81. The van der Waals surface area contributed by atoms with Gasteiger partial charge in [0.05, 0.1) is 26.2 Å². The largest absolute Gasteiger partial charge is 0.496 e. The minimum absolute atomic E-state index is 0.0199. The van der Waals surface area contributed by atoms with Crippen molar-refractivity contribution in [1.29, 1.82) is 0 Å². The molecule has 0 unspecified atom stereocenters. The van der Waals surface area contributed by atoms with Gasteiger partial charge in [-0.15, -0.1) is 0 Å². The Labute approximate surface area is 124 Å². The Hall–Kier alpha value is -2.08. The molecular formula is C15H21NO5. The molecule has 1 N–H and O–H groups in total. The zero-order valence-corrected chi connectivity index (χ0v) is 12.4. The molecule has 0 aliphatic heterocycles. The van der Waals surface area contributed by atoms with Crippen molar-refractivity contribution in [2.24, 2.45) is 0 Å².